The molecule has 1 aliphatic carbocycles. The summed E-state index contributed by atoms with van der Waals surface area (Å²) in [5.41, 5.74) is 9.11. The van der Waals surface area contributed by atoms with E-state index in [4.69, 9.17) is 5.73 Å². The predicted molar refractivity (Wildman–Crippen MR) is 55.0 cm³/mol. The van der Waals surface area contributed by atoms with Crippen LogP contribution in [0, 0.1) is 5.92 Å². The zero-order chi connectivity index (χ0) is 8.97. The second-order valence-corrected chi connectivity index (χ2v) is 3.67. The van der Waals surface area contributed by atoms with Gasteiger partial charge in [-0.3, -0.25) is 5.43 Å². The maximum Gasteiger partial charge on any atom is 0.184 e. The van der Waals surface area contributed by atoms with Crippen molar-refractivity contribution in [3.63, 3.8) is 0 Å². The quantitative estimate of drug-likeness (QED) is 0.479. The summed E-state index contributed by atoms with van der Waals surface area (Å²) in [7, 11) is 0. The standard InChI is InChI=1S/C8H15N3S/c1-6-4-2-3-5-7(6)10-11-8(9)12/h6H,2-5H2,1H3,(H3,9,11,12)/b10-7+/t6-/m0/s1. The summed E-state index contributed by atoms with van der Waals surface area (Å²) in [6, 6.07) is 0. The molecule has 0 aliphatic heterocycles. The Morgan fingerprint density at radius 1 is 1.67 bits per heavy atom. The number of nitrogens with two attached hydrogens (primary N) is 1. The minimum atomic E-state index is 0.250. The Morgan fingerprint density at radius 2 is 2.42 bits per heavy atom. The Labute approximate surface area is 78.4 Å². The van der Waals surface area contributed by atoms with Crippen molar-refractivity contribution in [3.8, 4) is 0 Å². The largest absolute Gasteiger partial charge is 0.375 e. The molecule has 0 spiro atoms. The molecule has 0 radical (unpaired) electrons. The second-order valence-electron chi connectivity index (χ2n) is 3.23. The molecule has 0 bridgehead atoms. The first-order valence-electron chi connectivity index (χ1n) is 4.32. The van der Waals surface area contributed by atoms with Crippen LogP contribution in [-0.2, 0) is 0 Å². The third-order valence-corrected chi connectivity index (χ3v) is 2.29. The fourth-order valence-corrected chi connectivity index (χ4v) is 1.51. The van der Waals surface area contributed by atoms with Crippen LogP contribution in [0.2, 0.25) is 0 Å². The molecule has 4 heteroatoms. The second kappa shape index (κ2) is 4.40. The van der Waals surface area contributed by atoms with Crippen LogP contribution in [0.5, 0.6) is 0 Å². The van der Waals surface area contributed by atoms with Gasteiger partial charge in [0, 0.05) is 5.71 Å². The van der Waals surface area contributed by atoms with Gasteiger partial charge in [-0.1, -0.05) is 13.3 Å². The monoisotopic (exact) mass is 185 g/mol. The van der Waals surface area contributed by atoms with E-state index in [1.165, 1.54) is 25.0 Å². The summed E-state index contributed by atoms with van der Waals surface area (Å²) in [4.78, 5) is 0. The van der Waals surface area contributed by atoms with Crippen LogP contribution in [-0.4, -0.2) is 10.8 Å². The smallest absolute Gasteiger partial charge is 0.184 e. The van der Waals surface area contributed by atoms with E-state index < -0.39 is 0 Å². The van der Waals surface area contributed by atoms with E-state index in [0.29, 0.717) is 5.92 Å². The number of hydrogen-bond acceptors (Lipinski definition) is 2. The first-order valence-corrected chi connectivity index (χ1v) is 4.73. The van der Waals surface area contributed by atoms with Gasteiger partial charge in [0.05, 0.1) is 0 Å². The Bertz CT molecular complexity index is 200. The third kappa shape index (κ3) is 2.77. The van der Waals surface area contributed by atoms with Crippen molar-refractivity contribution in [2.24, 2.45) is 16.8 Å². The van der Waals surface area contributed by atoms with Gasteiger partial charge >= 0.3 is 0 Å². The summed E-state index contributed by atoms with van der Waals surface area (Å²) < 4.78 is 0. The molecule has 1 atom stereocenters. The predicted octanol–water partition coefficient (Wildman–Crippen LogP) is 1.39. The van der Waals surface area contributed by atoms with E-state index in [1.54, 1.807) is 0 Å². The van der Waals surface area contributed by atoms with Crippen LogP contribution >= 0.6 is 12.2 Å². The lowest BCUT2D eigenvalue weighted by molar-refractivity contribution is 0.555. The van der Waals surface area contributed by atoms with E-state index in [-0.39, 0.29) is 5.11 Å². The molecule has 1 rings (SSSR count). The van der Waals surface area contributed by atoms with Crippen molar-refractivity contribution >= 4 is 23.0 Å². The van der Waals surface area contributed by atoms with Crippen molar-refractivity contribution in [1.29, 1.82) is 0 Å². The van der Waals surface area contributed by atoms with Crippen LogP contribution in [0.15, 0.2) is 5.10 Å². The van der Waals surface area contributed by atoms with E-state index in [0.717, 1.165) is 6.42 Å². The highest BCUT2D eigenvalue weighted by molar-refractivity contribution is 7.80. The lowest BCUT2D eigenvalue weighted by Gasteiger charge is -2.19. The van der Waals surface area contributed by atoms with Crippen molar-refractivity contribution in [1.82, 2.24) is 5.43 Å². The summed E-state index contributed by atoms with van der Waals surface area (Å²) in [5.74, 6) is 0.584. The Kier molecular flexibility index (Phi) is 3.47. The maximum absolute atomic E-state index is 5.27. The SMILES string of the molecule is C[C@H]1CCCC/C1=N\NC(N)=S. The highest BCUT2D eigenvalue weighted by Gasteiger charge is 2.15. The number of nitrogens with one attached hydrogen (secondary N) is 1. The summed E-state index contributed by atoms with van der Waals surface area (Å²) >= 11 is 4.66. The highest BCUT2D eigenvalue weighted by atomic mass is 32.1. The molecule has 0 aromatic carbocycles. The molecule has 3 nitrogen and oxygen atoms in total. The van der Waals surface area contributed by atoms with Gasteiger partial charge in [-0.2, -0.15) is 5.10 Å². The minimum absolute atomic E-state index is 0.250. The van der Waals surface area contributed by atoms with Gasteiger partial charge in [0.1, 0.15) is 0 Å². The topological polar surface area (TPSA) is 50.4 Å². The minimum Gasteiger partial charge on any atom is -0.375 e. The van der Waals surface area contributed by atoms with Crippen LogP contribution in [0.3, 0.4) is 0 Å². The van der Waals surface area contributed by atoms with Gasteiger partial charge in [-0.25, -0.2) is 0 Å². The molecular formula is C8H15N3S. The Morgan fingerprint density at radius 3 is 3.00 bits per heavy atom. The summed E-state index contributed by atoms with van der Waals surface area (Å²) in [6.45, 7) is 2.19. The van der Waals surface area contributed by atoms with Crippen molar-refractivity contribution in [3.05, 3.63) is 0 Å². The molecule has 1 saturated carbocycles. The van der Waals surface area contributed by atoms with Gasteiger partial charge in [-0.05, 0) is 37.4 Å². The molecular weight excluding hydrogens is 170 g/mol. The lowest BCUT2D eigenvalue weighted by atomic mass is 9.89. The van der Waals surface area contributed by atoms with Crippen molar-refractivity contribution in [2.75, 3.05) is 0 Å². The van der Waals surface area contributed by atoms with Gasteiger partial charge in [-0.15, -0.1) is 0 Å². The molecule has 12 heavy (non-hydrogen) atoms. The molecule has 0 heterocycles. The van der Waals surface area contributed by atoms with Crippen LogP contribution in [0.25, 0.3) is 0 Å². The normalized spacial score (nSPS) is 27.1. The van der Waals surface area contributed by atoms with Crippen LogP contribution in [0.1, 0.15) is 32.6 Å². The number of rotatable bonds is 1. The lowest BCUT2D eigenvalue weighted by Crippen LogP contribution is -2.28. The van der Waals surface area contributed by atoms with E-state index in [2.05, 4.69) is 29.7 Å². The van der Waals surface area contributed by atoms with Crippen LogP contribution < -0.4 is 11.2 Å². The van der Waals surface area contributed by atoms with Gasteiger partial charge in [0.15, 0.2) is 5.11 Å². The molecule has 1 aliphatic rings. The summed E-state index contributed by atoms with van der Waals surface area (Å²) in [6.07, 6.45) is 4.87. The third-order valence-electron chi connectivity index (χ3n) is 2.20. The van der Waals surface area contributed by atoms with Gasteiger partial charge < -0.3 is 5.73 Å². The van der Waals surface area contributed by atoms with E-state index >= 15 is 0 Å². The molecule has 0 amide bonds. The molecule has 0 saturated heterocycles. The number of hydrogen-bond donors (Lipinski definition) is 2. The van der Waals surface area contributed by atoms with Crippen LogP contribution in [0.4, 0.5) is 0 Å². The van der Waals surface area contributed by atoms with Gasteiger partial charge in [0.2, 0.25) is 0 Å². The van der Waals surface area contributed by atoms with E-state index in [9.17, 15) is 0 Å². The number of thiocarbonyl (C=S) groups is 1. The molecule has 1 fully saturated rings. The van der Waals surface area contributed by atoms with E-state index in [1.807, 2.05) is 0 Å². The van der Waals surface area contributed by atoms with Crippen molar-refractivity contribution in [2.45, 2.75) is 32.6 Å². The molecule has 0 aromatic rings. The highest BCUT2D eigenvalue weighted by Crippen LogP contribution is 2.20. The van der Waals surface area contributed by atoms with Gasteiger partial charge in [0.25, 0.3) is 0 Å². The average molecular weight is 185 g/mol. The molecule has 3 N–H and O–H groups in total. The Balaban J connectivity index is 2.47. The first-order chi connectivity index (χ1) is 5.70. The summed E-state index contributed by atoms with van der Waals surface area (Å²) in [5, 5.41) is 4.41. The zero-order valence-corrected chi connectivity index (χ0v) is 8.16. The molecule has 0 unspecified atom stereocenters. The van der Waals surface area contributed by atoms with Crippen molar-refractivity contribution < 1.29 is 0 Å². The Hall–Kier alpha value is -0.640. The fourth-order valence-electron chi connectivity index (χ4n) is 1.46. The number of nitrogens with zero attached hydrogens (tertiary/aromatic N) is 1. The maximum atomic E-state index is 5.27. The fraction of sp³-hybridized carbons (Fsp3) is 0.750. The first kappa shape index (κ1) is 9.45. The molecule has 68 valence electrons. The molecule has 0 aromatic heterocycles. The number of hydrazone groups is 1. The zero-order valence-electron chi connectivity index (χ0n) is 7.34. The average Bonchev–Trinajstić information content (AvgIpc) is 2.03.